The summed E-state index contributed by atoms with van der Waals surface area (Å²) in [7, 11) is 0. The predicted molar refractivity (Wildman–Crippen MR) is 54.9 cm³/mol. The van der Waals surface area contributed by atoms with Crippen molar-refractivity contribution >= 4 is 0 Å². The van der Waals surface area contributed by atoms with Gasteiger partial charge in [-0.1, -0.05) is 45.3 Å². The maximum Gasteiger partial charge on any atom is -0.0323 e. The zero-order valence-corrected chi connectivity index (χ0v) is 9.12. The minimum absolute atomic E-state index is 1.21. The zero-order chi connectivity index (χ0) is 9.28. The third kappa shape index (κ3) is 7.64. The van der Waals surface area contributed by atoms with Crippen LogP contribution in [0.5, 0.6) is 0 Å². The standard InChI is InChI=1S/C9H18.C2H6/c1-5-7-9(4)8(3)6-2;1-2/h5-7H2,1-4H3;1-2H3/b9-8+;. The molecule has 0 N–H and O–H groups in total. The second-order valence-corrected chi connectivity index (χ2v) is 2.66. The zero-order valence-electron chi connectivity index (χ0n) is 9.12. The Bertz CT molecular complexity index is 98.6. The molecule has 0 aromatic rings. The van der Waals surface area contributed by atoms with Gasteiger partial charge >= 0.3 is 0 Å². The van der Waals surface area contributed by atoms with Crippen molar-refractivity contribution in [3.8, 4) is 0 Å². The summed E-state index contributed by atoms with van der Waals surface area (Å²) in [5.74, 6) is 0. The fraction of sp³-hybridized carbons (Fsp3) is 0.818. The highest BCUT2D eigenvalue weighted by molar-refractivity contribution is 5.08. The lowest BCUT2D eigenvalue weighted by atomic mass is 10.1. The molecule has 0 radical (unpaired) electrons. The van der Waals surface area contributed by atoms with E-state index in [-0.39, 0.29) is 0 Å². The molecule has 0 atom stereocenters. The van der Waals surface area contributed by atoms with Crippen molar-refractivity contribution in [3.63, 3.8) is 0 Å². The van der Waals surface area contributed by atoms with Crippen molar-refractivity contribution in [3.05, 3.63) is 11.1 Å². The maximum absolute atomic E-state index is 2.24. The SMILES string of the molecule is CC.CCC/C(C)=C(\C)CC. The van der Waals surface area contributed by atoms with E-state index in [2.05, 4.69) is 27.7 Å². The summed E-state index contributed by atoms with van der Waals surface area (Å²) in [5.41, 5.74) is 3.15. The molecule has 0 amide bonds. The monoisotopic (exact) mass is 156 g/mol. The number of hydrogen-bond donors (Lipinski definition) is 0. The van der Waals surface area contributed by atoms with E-state index in [1.54, 1.807) is 11.1 Å². The Labute approximate surface area is 72.7 Å². The second-order valence-electron chi connectivity index (χ2n) is 2.66. The van der Waals surface area contributed by atoms with E-state index in [1.165, 1.54) is 19.3 Å². The third-order valence-corrected chi connectivity index (χ3v) is 1.88. The summed E-state index contributed by atoms with van der Waals surface area (Å²) in [6, 6.07) is 0. The number of rotatable bonds is 3. The van der Waals surface area contributed by atoms with Crippen LogP contribution in [-0.2, 0) is 0 Å². The molecular formula is C11H24. The van der Waals surface area contributed by atoms with Crippen LogP contribution in [0.1, 0.15) is 60.8 Å². The summed E-state index contributed by atoms with van der Waals surface area (Å²) >= 11 is 0. The molecule has 68 valence electrons. The Morgan fingerprint density at radius 1 is 0.909 bits per heavy atom. The number of hydrogen-bond acceptors (Lipinski definition) is 0. The van der Waals surface area contributed by atoms with E-state index in [1.807, 2.05) is 13.8 Å². The van der Waals surface area contributed by atoms with E-state index in [0.29, 0.717) is 0 Å². The van der Waals surface area contributed by atoms with Gasteiger partial charge in [-0.15, -0.1) is 0 Å². The molecule has 0 aromatic carbocycles. The predicted octanol–water partition coefficient (Wildman–Crippen LogP) is 4.56. The van der Waals surface area contributed by atoms with Gasteiger partial charge in [-0.2, -0.15) is 0 Å². The average Bonchev–Trinajstić information content (AvgIpc) is 2.07. The molecule has 0 saturated heterocycles. The molecule has 0 fully saturated rings. The van der Waals surface area contributed by atoms with Crippen molar-refractivity contribution in [1.29, 1.82) is 0 Å². The first-order valence-electron chi connectivity index (χ1n) is 4.87. The first-order valence-corrected chi connectivity index (χ1v) is 4.87. The Morgan fingerprint density at radius 3 is 1.64 bits per heavy atom. The lowest BCUT2D eigenvalue weighted by molar-refractivity contribution is 0.874. The lowest BCUT2D eigenvalue weighted by Gasteiger charge is -2.02. The molecular weight excluding hydrogens is 132 g/mol. The molecule has 11 heavy (non-hydrogen) atoms. The third-order valence-electron chi connectivity index (χ3n) is 1.88. The minimum Gasteiger partial charge on any atom is -0.0747 e. The minimum atomic E-state index is 1.21. The summed E-state index contributed by atoms with van der Waals surface area (Å²) in [6.07, 6.45) is 3.77. The van der Waals surface area contributed by atoms with Crippen molar-refractivity contribution in [2.24, 2.45) is 0 Å². The van der Waals surface area contributed by atoms with Gasteiger partial charge in [0.25, 0.3) is 0 Å². The molecule has 0 unspecified atom stereocenters. The highest BCUT2D eigenvalue weighted by atomic mass is 14.0. The first-order chi connectivity index (χ1) is 5.22. The molecule has 0 aliphatic carbocycles. The van der Waals surface area contributed by atoms with E-state index in [9.17, 15) is 0 Å². The quantitative estimate of drug-likeness (QED) is 0.525. The molecule has 0 saturated carbocycles. The Hall–Kier alpha value is -0.260. The second kappa shape index (κ2) is 9.74. The largest absolute Gasteiger partial charge is 0.0747 e. The van der Waals surface area contributed by atoms with E-state index in [4.69, 9.17) is 0 Å². The summed E-state index contributed by atoms with van der Waals surface area (Å²) in [4.78, 5) is 0. The summed E-state index contributed by atoms with van der Waals surface area (Å²) in [5, 5.41) is 0. The molecule has 0 heteroatoms. The van der Waals surface area contributed by atoms with Gasteiger partial charge in [0.15, 0.2) is 0 Å². The van der Waals surface area contributed by atoms with Crippen molar-refractivity contribution < 1.29 is 0 Å². The van der Waals surface area contributed by atoms with Crippen LogP contribution in [-0.4, -0.2) is 0 Å². The topological polar surface area (TPSA) is 0 Å². The van der Waals surface area contributed by atoms with Crippen LogP contribution in [0.4, 0.5) is 0 Å². The van der Waals surface area contributed by atoms with E-state index >= 15 is 0 Å². The van der Waals surface area contributed by atoms with Gasteiger partial charge in [-0.05, 0) is 26.7 Å². The van der Waals surface area contributed by atoms with Crippen molar-refractivity contribution in [2.45, 2.75) is 60.8 Å². The van der Waals surface area contributed by atoms with Crippen LogP contribution < -0.4 is 0 Å². The van der Waals surface area contributed by atoms with E-state index in [0.717, 1.165) is 0 Å². The Morgan fingerprint density at radius 2 is 1.36 bits per heavy atom. The van der Waals surface area contributed by atoms with Crippen LogP contribution in [0.15, 0.2) is 11.1 Å². The van der Waals surface area contributed by atoms with Crippen LogP contribution in [0.3, 0.4) is 0 Å². The van der Waals surface area contributed by atoms with Crippen LogP contribution in [0.25, 0.3) is 0 Å². The molecule has 0 aliphatic heterocycles. The Kier molecular flexibility index (Phi) is 11.8. The van der Waals surface area contributed by atoms with Gasteiger partial charge in [-0.3, -0.25) is 0 Å². The molecule has 0 spiro atoms. The molecule has 0 aliphatic rings. The van der Waals surface area contributed by atoms with Gasteiger partial charge in [0.1, 0.15) is 0 Å². The molecule has 0 nitrogen and oxygen atoms in total. The molecule has 0 heterocycles. The normalized spacial score (nSPS) is 11.5. The summed E-state index contributed by atoms with van der Waals surface area (Å²) in [6.45, 7) is 12.9. The highest BCUT2D eigenvalue weighted by Gasteiger charge is 1.91. The van der Waals surface area contributed by atoms with Gasteiger partial charge in [0.05, 0.1) is 0 Å². The molecule has 0 aromatic heterocycles. The smallest absolute Gasteiger partial charge is 0.0323 e. The van der Waals surface area contributed by atoms with Crippen molar-refractivity contribution in [1.82, 2.24) is 0 Å². The van der Waals surface area contributed by atoms with E-state index < -0.39 is 0 Å². The van der Waals surface area contributed by atoms with Crippen molar-refractivity contribution in [2.75, 3.05) is 0 Å². The Balaban J connectivity index is 0. The lowest BCUT2D eigenvalue weighted by Crippen LogP contribution is -1.81. The van der Waals surface area contributed by atoms with Gasteiger partial charge < -0.3 is 0 Å². The summed E-state index contributed by atoms with van der Waals surface area (Å²) < 4.78 is 0. The van der Waals surface area contributed by atoms with Crippen LogP contribution in [0.2, 0.25) is 0 Å². The molecule has 0 bridgehead atoms. The average molecular weight is 156 g/mol. The molecule has 0 rings (SSSR count). The fourth-order valence-electron chi connectivity index (χ4n) is 0.890. The highest BCUT2D eigenvalue weighted by Crippen LogP contribution is 2.11. The maximum atomic E-state index is 2.24. The van der Waals surface area contributed by atoms with Gasteiger partial charge in [0, 0.05) is 0 Å². The van der Waals surface area contributed by atoms with Crippen LogP contribution >= 0.6 is 0 Å². The van der Waals surface area contributed by atoms with Crippen LogP contribution in [0, 0.1) is 0 Å². The fourth-order valence-corrected chi connectivity index (χ4v) is 0.890. The van der Waals surface area contributed by atoms with Gasteiger partial charge in [-0.25, -0.2) is 0 Å². The first kappa shape index (κ1) is 13.3. The number of allylic oxidation sites excluding steroid dienone is 2. The van der Waals surface area contributed by atoms with Gasteiger partial charge in [0.2, 0.25) is 0 Å².